The first kappa shape index (κ1) is 8.18. The fraction of sp³-hybridized carbons (Fsp3) is 0.556. The normalized spacial score (nSPS) is 13.0. The highest BCUT2D eigenvalue weighted by Gasteiger charge is 2.01. The molecule has 0 aliphatic rings. The molecule has 0 aromatic carbocycles. The molecule has 0 N–H and O–H groups in total. The molecule has 0 unspecified atom stereocenters. The van der Waals surface area contributed by atoms with Crippen molar-refractivity contribution in [3.8, 4) is 0 Å². The monoisotopic (exact) mass is 150 g/mol. The lowest BCUT2D eigenvalue weighted by molar-refractivity contribution is 0.722. The lowest BCUT2D eigenvalue weighted by atomic mass is 10.0. The van der Waals surface area contributed by atoms with E-state index >= 15 is 0 Å². The zero-order chi connectivity index (χ0) is 8.27. The van der Waals surface area contributed by atoms with E-state index in [0.29, 0.717) is 5.92 Å². The number of rotatable bonds is 2. The third kappa shape index (κ3) is 2.00. The van der Waals surface area contributed by atoms with Crippen LogP contribution in [0.5, 0.6) is 0 Å². The molecular formula is C9H14N2. The van der Waals surface area contributed by atoms with Gasteiger partial charge in [-0.1, -0.05) is 13.8 Å². The van der Waals surface area contributed by atoms with Crippen LogP contribution in [0.2, 0.25) is 0 Å². The Bertz CT molecular complexity index is 216. The van der Waals surface area contributed by atoms with Gasteiger partial charge >= 0.3 is 0 Å². The quantitative estimate of drug-likeness (QED) is 0.646. The van der Waals surface area contributed by atoms with E-state index in [2.05, 4.69) is 23.8 Å². The number of aromatic nitrogens is 2. The summed E-state index contributed by atoms with van der Waals surface area (Å²) in [4.78, 5) is 8.27. The van der Waals surface area contributed by atoms with Crippen LogP contribution in [0.15, 0.2) is 12.4 Å². The van der Waals surface area contributed by atoms with Crippen molar-refractivity contribution in [1.29, 1.82) is 0 Å². The Labute approximate surface area is 67.7 Å². The van der Waals surface area contributed by atoms with Gasteiger partial charge in [0.15, 0.2) is 0 Å². The molecule has 1 heterocycles. The molecule has 0 saturated carbocycles. The van der Waals surface area contributed by atoms with Crippen LogP contribution < -0.4 is 0 Å². The highest BCUT2D eigenvalue weighted by Crippen LogP contribution is 2.15. The summed E-state index contributed by atoms with van der Waals surface area (Å²) in [6.07, 6.45) is 4.97. The number of nitrogens with zero attached hydrogens (tertiary/aromatic N) is 2. The molecule has 0 radical (unpaired) electrons. The Balaban J connectivity index is 2.81. The Morgan fingerprint density at radius 1 is 1.36 bits per heavy atom. The van der Waals surface area contributed by atoms with Crippen LogP contribution in [0.1, 0.15) is 37.6 Å². The maximum atomic E-state index is 4.14. The highest BCUT2D eigenvalue weighted by atomic mass is 14.8. The maximum Gasteiger partial charge on any atom is 0.125 e. The summed E-state index contributed by atoms with van der Waals surface area (Å²) in [6, 6.07) is 0. The summed E-state index contributed by atoms with van der Waals surface area (Å²) in [7, 11) is 0. The van der Waals surface area contributed by atoms with Crippen molar-refractivity contribution < 1.29 is 0 Å². The average molecular weight is 150 g/mol. The van der Waals surface area contributed by atoms with Gasteiger partial charge in [-0.2, -0.15) is 0 Å². The Morgan fingerprint density at radius 2 is 1.91 bits per heavy atom. The maximum absolute atomic E-state index is 4.14. The molecule has 0 amide bonds. The Morgan fingerprint density at radius 3 is 2.36 bits per heavy atom. The second-order valence-electron chi connectivity index (χ2n) is 2.87. The van der Waals surface area contributed by atoms with E-state index in [1.54, 1.807) is 0 Å². The second kappa shape index (κ2) is 3.46. The van der Waals surface area contributed by atoms with Crippen molar-refractivity contribution in [2.45, 2.75) is 33.1 Å². The minimum atomic E-state index is 0.579. The van der Waals surface area contributed by atoms with E-state index in [1.165, 1.54) is 5.56 Å². The summed E-state index contributed by atoms with van der Waals surface area (Å²) in [5.74, 6) is 1.42. The van der Waals surface area contributed by atoms with Crippen molar-refractivity contribution >= 4 is 0 Å². The van der Waals surface area contributed by atoms with E-state index in [1.807, 2.05) is 19.3 Å². The Hall–Kier alpha value is -0.920. The lowest BCUT2D eigenvalue weighted by Crippen LogP contribution is -1.95. The summed E-state index contributed by atoms with van der Waals surface area (Å²) in [5.41, 5.74) is 1.23. The minimum Gasteiger partial charge on any atom is -0.241 e. The molecule has 11 heavy (non-hydrogen) atoms. The topological polar surface area (TPSA) is 25.8 Å². The van der Waals surface area contributed by atoms with Crippen LogP contribution in [0.25, 0.3) is 0 Å². The van der Waals surface area contributed by atoms with Crippen molar-refractivity contribution in [3.05, 3.63) is 23.8 Å². The van der Waals surface area contributed by atoms with Crippen LogP contribution in [0.3, 0.4) is 0 Å². The first-order valence-electron chi connectivity index (χ1n) is 4.02. The largest absolute Gasteiger partial charge is 0.241 e. The van der Waals surface area contributed by atoms with Gasteiger partial charge in [0, 0.05) is 12.4 Å². The zero-order valence-electron chi connectivity index (χ0n) is 7.33. The van der Waals surface area contributed by atoms with E-state index in [4.69, 9.17) is 0 Å². The van der Waals surface area contributed by atoms with Gasteiger partial charge in [0.1, 0.15) is 5.82 Å². The third-order valence-electron chi connectivity index (χ3n) is 1.98. The number of hydrogen-bond donors (Lipinski definition) is 0. The Kier molecular flexibility index (Phi) is 2.58. The first-order chi connectivity index (χ1) is 5.24. The van der Waals surface area contributed by atoms with Crippen molar-refractivity contribution in [2.24, 2.45) is 0 Å². The molecule has 0 bridgehead atoms. The predicted octanol–water partition coefficient (Wildman–Crippen LogP) is 2.30. The lowest BCUT2D eigenvalue weighted by Gasteiger charge is -2.06. The molecule has 2 nitrogen and oxygen atoms in total. The van der Waals surface area contributed by atoms with Crippen molar-refractivity contribution in [3.63, 3.8) is 0 Å². The van der Waals surface area contributed by atoms with Crippen molar-refractivity contribution in [2.75, 3.05) is 0 Å². The first-order valence-corrected chi connectivity index (χ1v) is 4.02. The fourth-order valence-electron chi connectivity index (χ4n) is 0.893. The summed E-state index contributed by atoms with van der Waals surface area (Å²) >= 11 is 0. The van der Waals surface area contributed by atoms with Gasteiger partial charge in [0.25, 0.3) is 0 Å². The van der Waals surface area contributed by atoms with Gasteiger partial charge in [0.2, 0.25) is 0 Å². The van der Waals surface area contributed by atoms with Gasteiger partial charge < -0.3 is 0 Å². The number of hydrogen-bond acceptors (Lipinski definition) is 2. The van der Waals surface area contributed by atoms with Gasteiger partial charge in [-0.25, -0.2) is 9.97 Å². The van der Waals surface area contributed by atoms with Crippen LogP contribution in [0, 0.1) is 6.92 Å². The molecule has 1 rings (SSSR count). The molecule has 0 spiro atoms. The molecule has 0 aliphatic heterocycles. The van der Waals surface area contributed by atoms with Crippen LogP contribution in [-0.2, 0) is 0 Å². The molecule has 1 aromatic heterocycles. The van der Waals surface area contributed by atoms with Crippen molar-refractivity contribution in [1.82, 2.24) is 9.97 Å². The van der Waals surface area contributed by atoms with E-state index in [9.17, 15) is 0 Å². The summed E-state index contributed by atoms with van der Waals surface area (Å²) < 4.78 is 0. The highest BCUT2D eigenvalue weighted by molar-refractivity contribution is 5.09. The number of aryl methyl sites for hydroxylation is 1. The summed E-state index contributed by atoms with van der Waals surface area (Å²) in [5, 5.41) is 0. The van der Waals surface area contributed by atoms with E-state index in [0.717, 1.165) is 12.2 Å². The van der Waals surface area contributed by atoms with Gasteiger partial charge in [-0.05, 0) is 24.8 Å². The minimum absolute atomic E-state index is 0.579. The van der Waals surface area contributed by atoms with Gasteiger partial charge in [-0.15, -0.1) is 0 Å². The molecule has 60 valence electrons. The van der Waals surface area contributed by atoms with Crippen LogP contribution in [-0.4, -0.2) is 9.97 Å². The predicted molar refractivity (Wildman–Crippen MR) is 45.5 cm³/mol. The molecular weight excluding hydrogens is 136 g/mol. The average Bonchev–Trinajstić information content (AvgIpc) is 2.05. The van der Waals surface area contributed by atoms with Crippen LogP contribution >= 0.6 is 0 Å². The van der Waals surface area contributed by atoms with Crippen LogP contribution in [0.4, 0.5) is 0 Å². The van der Waals surface area contributed by atoms with E-state index in [-0.39, 0.29) is 0 Å². The van der Waals surface area contributed by atoms with E-state index < -0.39 is 0 Å². The summed E-state index contributed by atoms with van der Waals surface area (Å²) in [6.45, 7) is 6.26. The third-order valence-corrected chi connectivity index (χ3v) is 1.98. The molecule has 2 heteroatoms. The fourth-order valence-corrected chi connectivity index (χ4v) is 0.893. The zero-order valence-corrected chi connectivity index (χ0v) is 7.33. The molecule has 0 saturated heterocycles. The second-order valence-corrected chi connectivity index (χ2v) is 2.87. The smallest absolute Gasteiger partial charge is 0.125 e. The molecule has 0 aliphatic carbocycles. The molecule has 1 aromatic rings. The standard InChI is InChI=1S/C9H14N2/c1-4-7(2)9-5-10-8(3)11-6-9/h5-7H,4H2,1-3H3/t7-/m1/s1. The van der Waals surface area contributed by atoms with Gasteiger partial charge in [0.05, 0.1) is 0 Å². The molecule has 1 atom stereocenters. The van der Waals surface area contributed by atoms with Gasteiger partial charge in [-0.3, -0.25) is 0 Å². The SMILES string of the molecule is CC[C@@H](C)c1cnc(C)nc1. The molecule has 0 fully saturated rings.